The predicted molar refractivity (Wildman–Crippen MR) is 85.2 cm³/mol. The Bertz CT molecular complexity index is 975. The molecule has 7 heteroatoms. The molecule has 2 heterocycles. The van der Waals surface area contributed by atoms with Crippen LogP contribution in [0.3, 0.4) is 0 Å². The van der Waals surface area contributed by atoms with E-state index in [0.717, 1.165) is 16.6 Å². The van der Waals surface area contributed by atoms with Gasteiger partial charge in [0, 0.05) is 30.0 Å². The quantitative estimate of drug-likeness (QED) is 0.729. The number of aromatic nitrogens is 3. The molecule has 3 rings (SSSR count). The summed E-state index contributed by atoms with van der Waals surface area (Å²) in [4.78, 5) is 12.0. The molecule has 0 saturated carbocycles. The summed E-state index contributed by atoms with van der Waals surface area (Å²) in [5, 5.41) is 14.5. The predicted octanol–water partition coefficient (Wildman–Crippen LogP) is 1.91. The zero-order chi connectivity index (χ0) is 16.7. The Morgan fingerprint density at radius 1 is 1.43 bits per heavy atom. The topological polar surface area (TPSA) is 98.9 Å². The summed E-state index contributed by atoms with van der Waals surface area (Å²) in [6.07, 6.45) is 1.54. The Balaban J connectivity index is 2.28. The molecule has 0 spiro atoms. The lowest BCUT2D eigenvalue weighted by Gasteiger charge is -2.08. The minimum Gasteiger partial charge on any atom is -0.464 e. The van der Waals surface area contributed by atoms with Crippen molar-refractivity contribution in [2.75, 3.05) is 12.8 Å². The van der Waals surface area contributed by atoms with Crippen molar-refractivity contribution in [3.63, 3.8) is 0 Å². The summed E-state index contributed by atoms with van der Waals surface area (Å²) in [7, 11) is 3.15. The van der Waals surface area contributed by atoms with E-state index >= 15 is 0 Å². The van der Waals surface area contributed by atoms with Crippen molar-refractivity contribution in [2.24, 2.45) is 7.05 Å². The van der Waals surface area contributed by atoms with Gasteiger partial charge in [-0.1, -0.05) is 0 Å². The number of esters is 1. The van der Waals surface area contributed by atoms with E-state index in [4.69, 9.17) is 15.7 Å². The van der Waals surface area contributed by atoms with Crippen LogP contribution in [0.2, 0.25) is 0 Å². The first-order valence-electron chi connectivity index (χ1n) is 6.91. The molecule has 0 amide bonds. The van der Waals surface area contributed by atoms with Gasteiger partial charge in [0.2, 0.25) is 0 Å². The summed E-state index contributed by atoms with van der Waals surface area (Å²) in [6.45, 7) is 1.96. The third-order valence-corrected chi connectivity index (χ3v) is 3.93. The van der Waals surface area contributed by atoms with Crippen molar-refractivity contribution < 1.29 is 9.53 Å². The van der Waals surface area contributed by atoms with Crippen molar-refractivity contribution in [3.05, 3.63) is 41.3 Å². The summed E-state index contributed by atoms with van der Waals surface area (Å²) < 4.78 is 8.15. The second-order valence-corrected chi connectivity index (χ2v) is 5.19. The molecule has 7 nitrogen and oxygen atoms in total. The Morgan fingerprint density at radius 3 is 2.83 bits per heavy atom. The number of nitrogens with zero attached hydrogens (tertiary/aromatic N) is 4. The normalized spacial score (nSPS) is 10.7. The first-order chi connectivity index (χ1) is 11.0. The van der Waals surface area contributed by atoms with Crippen LogP contribution >= 0.6 is 0 Å². The smallest absolute Gasteiger partial charge is 0.357 e. The molecule has 0 aliphatic rings. The Hall–Kier alpha value is -3.27. The molecule has 23 heavy (non-hydrogen) atoms. The van der Waals surface area contributed by atoms with Crippen LogP contribution in [0, 0.1) is 18.3 Å². The molecule has 0 aliphatic heterocycles. The molecule has 2 N–H and O–H groups in total. The average Bonchev–Trinajstić information content (AvgIpc) is 3.03. The molecule has 0 aliphatic carbocycles. The Labute approximate surface area is 132 Å². The average molecular weight is 309 g/mol. The Morgan fingerprint density at radius 2 is 2.17 bits per heavy atom. The molecular weight excluding hydrogens is 294 g/mol. The number of nitrogen functional groups attached to an aromatic ring is 1. The highest BCUT2D eigenvalue weighted by molar-refractivity contribution is 5.96. The molecule has 3 aromatic rings. The van der Waals surface area contributed by atoms with Crippen LogP contribution in [0.15, 0.2) is 24.4 Å². The van der Waals surface area contributed by atoms with Crippen LogP contribution in [0.4, 0.5) is 5.69 Å². The number of rotatable bonds is 2. The van der Waals surface area contributed by atoms with Crippen molar-refractivity contribution in [1.29, 1.82) is 5.26 Å². The van der Waals surface area contributed by atoms with Gasteiger partial charge in [0.05, 0.1) is 23.9 Å². The number of anilines is 1. The molecule has 0 atom stereocenters. The highest BCUT2D eigenvalue weighted by Crippen LogP contribution is 2.27. The van der Waals surface area contributed by atoms with Crippen molar-refractivity contribution >= 4 is 22.6 Å². The van der Waals surface area contributed by atoms with Crippen molar-refractivity contribution in [3.8, 4) is 11.8 Å². The van der Waals surface area contributed by atoms with Gasteiger partial charge >= 0.3 is 5.97 Å². The number of nitriles is 1. The van der Waals surface area contributed by atoms with E-state index in [1.54, 1.807) is 9.25 Å². The molecule has 1 aromatic carbocycles. The van der Waals surface area contributed by atoms with Crippen LogP contribution in [0.5, 0.6) is 0 Å². The molecule has 0 unspecified atom stereocenters. The first kappa shape index (κ1) is 14.7. The largest absolute Gasteiger partial charge is 0.464 e. The number of aryl methyl sites for hydroxylation is 2. The number of ether oxygens (including phenoxy) is 1. The maximum absolute atomic E-state index is 12.0. The lowest BCUT2D eigenvalue weighted by Crippen LogP contribution is -2.11. The van der Waals surface area contributed by atoms with Gasteiger partial charge in [-0.2, -0.15) is 10.4 Å². The molecule has 116 valence electrons. The number of hydrogen-bond donors (Lipinski definition) is 1. The number of carbonyl (C=O) groups excluding carboxylic acids is 1. The zero-order valence-electron chi connectivity index (χ0n) is 13.0. The van der Waals surface area contributed by atoms with Crippen LogP contribution in [-0.2, 0) is 11.8 Å². The molecule has 0 bridgehead atoms. The van der Waals surface area contributed by atoms with Crippen molar-refractivity contribution in [2.45, 2.75) is 6.92 Å². The monoisotopic (exact) mass is 309 g/mol. The van der Waals surface area contributed by atoms with Gasteiger partial charge in [-0.25, -0.2) is 4.79 Å². The summed E-state index contributed by atoms with van der Waals surface area (Å²) in [5.41, 5.74) is 8.97. The number of nitrogens with two attached hydrogens (primary N) is 1. The van der Waals surface area contributed by atoms with Gasteiger partial charge in [0.1, 0.15) is 6.07 Å². The SMILES string of the molecule is COC(=O)c1c(N)c(C#N)cn1-c1ccc2nn(C)c(C)c2c1. The van der Waals surface area contributed by atoms with Crippen LogP contribution in [0.1, 0.15) is 21.7 Å². The maximum atomic E-state index is 12.0. The molecule has 2 aromatic heterocycles. The van der Waals surface area contributed by atoms with Gasteiger partial charge in [0.15, 0.2) is 5.69 Å². The van der Waals surface area contributed by atoms with E-state index < -0.39 is 5.97 Å². The van der Waals surface area contributed by atoms with Crippen molar-refractivity contribution in [1.82, 2.24) is 14.3 Å². The third-order valence-electron chi connectivity index (χ3n) is 3.93. The number of fused-ring (bicyclic) bond motifs is 1. The van der Waals surface area contributed by atoms with E-state index in [0.29, 0.717) is 5.69 Å². The lowest BCUT2D eigenvalue weighted by atomic mass is 10.2. The lowest BCUT2D eigenvalue weighted by molar-refractivity contribution is 0.0593. The molecule has 0 saturated heterocycles. The third kappa shape index (κ3) is 2.12. The number of hydrogen-bond acceptors (Lipinski definition) is 5. The van der Waals surface area contributed by atoms with Gasteiger partial charge in [0.25, 0.3) is 0 Å². The first-order valence-corrected chi connectivity index (χ1v) is 6.91. The molecule has 0 radical (unpaired) electrons. The van der Waals surface area contributed by atoms with E-state index in [2.05, 4.69) is 5.10 Å². The van der Waals surface area contributed by atoms with Gasteiger partial charge in [-0.15, -0.1) is 0 Å². The van der Waals surface area contributed by atoms with Gasteiger partial charge in [-0.3, -0.25) is 4.68 Å². The number of methoxy groups -OCH3 is 1. The van der Waals surface area contributed by atoms with Crippen LogP contribution in [0.25, 0.3) is 16.6 Å². The van der Waals surface area contributed by atoms with E-state index in [1.807, 2.05) is 38.2 Å². The van der Waals surface area contributed by atoms with Crippen LogP contribution < -0.4 is 5.73 Å². The molecule has 0 fully saturated rings. The van der Waals surface area contributed by atoms with Gasteiger partial charge < -0.3 is 15.0 Å². The zero-order valence-corrected chi connectivity index (χ0v) is 13.0. The summed E-state index contributed by atoms with van der Waals surface area (Å²) in [6, 6.07) is 7.58. The van der Waals surface area contributed by atoms with E-state index in [9.17, 15) is 4.79 Å². The second-order valence-electron chi connectivity index (χ2n) is 5.19. The highest BCUT2D eigenvalue weighted by atomic mass is 16.5. The fraction of sp³-hybridized carbons (Fsp3) is 0.188. The van der Waals surface area contributed by atoms with Crippen LogP contribution in [-0.4, -0.2) is 27.4 Å². The minimum absolute atomic E-state index is 0.113. The fourth-order valence-corrected chi connectivity index (χ4v) is 2.58. The summed E-state index contributed by atoms with van der Waals surface area (Å²) in [5.74, 6) is -0.591. The van der Waals surface area contributed by atoms with E-state index in [1.165, 1.54) is 13.3 Å². The number of benzene rings is 1. The van der Waals surface area contributed by atoms with Gasteiger partial charge in [-0.05, 0) is 25.1 Å². The summed E-state index contributed by atoms with van der Waals surface area (Å²) >= 11 is 0. The highest BCUT2D eigenvalue weighted by Gasteiger charge is 2.22. The molecular formula is C16H15N5O2. The number of carbonyl (C=O) groups is 1. The fourth-order valence-electron chi connectivity index (χ4n) is 2.58. The Kier molecular flexibility index (Phi) is 3.30. The maximum Gasteiger partial charge on any atom is 0.357 e. The second kappa shape index (κ2) is 5.18. The van der Waals surface area contributed by atoms with E-state index in [-0.39, 0.29) is 16.9 Å². The standard InChI is InChI=1S/C16H15N5O2/c1-9-12-6-11(4-5-13(12)19-20(9)2)21-8-10(7-17)14(18)15(21)16(22)23-3/h4-6,8H,18H2,1-3H3. The minimum atomic E-state index is -0.591.